The van der Waals surface area contributed by atoms with Crippen LogP contribution in [0.25, 0.3) is 0 Å². The monoisotopic (exact) mass is 252 g/mol. The van der Waals surface area contributed by atoms with Crippen molar-refractivity contribution in [2.24, 2.45) is 0 Å². The van der Waals surface area contributed by atoms with Crippen molar-refractivity contribution in [2.45, 2.75) is 45.2 Å². The standard InChI is InChI=1S/C14H20O4/c1-4-10-8-9(2)17-14(18-10)11-6-5-7-12(16-3)13(11)15/h5-7,9-10,14-15H,4,8H2,1-3H3. The summed E-state index contributed by atoms with van der Waals surface area (Å²) >= 11 is 0. The molecular weight excluding hydrogens is 232 g/mol. The molecule has 0 radical (unpaired) electrons. The molecule has 0 saturated carbocycles. The topological polar surface area (TPSA) is 47.9 Å². The van der Waals surface area contributed by atoms with Gasteiger partial charge in [-0.1, -0.05) is 13.0 Å². The zero-order valence-electron chi connectivity index (χ0n) is 11.1. The van der Waals surface area contributed by atoms with Crippen molar-refractivity contribution in [1.29, 1.82) is 0 Å². The van der Waals surface area contributed by atoms with Crippen molar-refractivity contribution >= 4 is 0 Å². The number of rotatable bonds is 3. The number of aromatic hydroxyl groups is 1. The van der Waals surface area contributed by atoms with Crippen LogP contribution < -0.4 is 4.74 Å². The Hall–Kier alpha value is -1.26. The van der Waals surface area contributed by atoms with Gasteiger partial charge in [0.15, 0.2) is 17.8 Å². The molecule has 1 heterocycles. The van der Waals surface area contributed by atoms with Crippen LogP contribution in [0.2, 0.25) is 0 Å². The SMILES string of the molecule is CCC1CC(C)OC(c2cccc(OC)c2O)O1. The van der Waals surface area contributed by atoms with Gasteiger partial charge in [-0.05, 0) is 31.9 Å². The quantitative estimate of drug-likeness (QED) is 0.898. The first-order valence-electron chi connectivity index (χ1n) is 6.32. The zero-order valence-corrected chi connectivity index (χ0v) is 11.1. The van der Waals surface area contributed by atoms with Crippen LogP contribution in [0.15, 0.2) is 18.2 Å². The maximum absolute atomic E-state index is 10.1. The van der Waals surface area contributed by atoms with Crippen molar-refractivity contribution in [3.63, 3.8) is 0 Å². The molecule has 3 unspecified atom stereocenters. The molecular formula is C14H20O4. The summed E-state index contributed by atoms with van der Waals surface area (Å²) in [7, 11) is 1.53. The van der Waals surface area contributed by atoms with Gasteiger partial charge in [0.05, 0.1) is 24.9 Å². The van der Waals surface area contributed by atoms with Gasteiger partial charge in [-0.15, -0.1) is 0 Å². The molecule has 1 saturated heterocycles. The van der Waals surface area contributed by atoms with E-state index in [1.807, 2.05) is 13.0 Å². The second kappa shape index (κ2) is 5.59. The van der Waals surface area contributed by atoms with E-state index in [4.69, 9.17) is 14.2 Å². The summed E-state index contributed by atoms with van der Waals surface area (Å²) in [6, 6.07) is 5.33. The minimum Gasteiger partial charge on any atom is -0.504 e. The highest BCUT2D eigenvalue weighted by atomic mass is 16.7. The predicted octanol–water partition coefficient (Wildman–Crippen LogP) is 3.00. The molecule has 0 aromatic heterocycles. The molecule has 1 aromatic carbocycles. The second-order valence-electron chi connectivity index (χ2n) is 4.58. The van der Waals surface area contributed by atoms with Gasteiger partial charge < -0.3 is 19.3 Å². The highest BCUT2D eigenvalue weighted by Gasteiger charge is 2.30. The number of hydrogen-bond donors (Lipinski definition) is 1. The predicted molar refractivity (Wildman–Crippen MR) is 67.7 cm³/mol. The lowest BCUT2D eigenvalue weighted by molar-refractivity contribution is -0.244. The summed E-state index contributed by atoms with van der Waals surface area (Å²) in [6.07, 6.45) is 1.60. The third-order valence-electron chi connectivity index (χ3n) is 3.23. The van der Waals surface area contributed by atoms with Crippen molar-refractivity contribution in [3.05, 3.63) is 23.8 Å². The minimum absolute atomic E-state index is 0.0916. The van der Waals surface area contributed by atoms with Gasteiger partial charge in [-0.2, -0.15) is 0 Å². The normalized spacial score (nSPS) is 28.1. The molecule has 18 heavy (non-hydrogen) atoms. The fraction of sp³-hybridized carbons (Fsp3) is 0.571. The Morgan fingerprint density at radius 1 is 1.39 bits per heavy atom. The van der Waals surface area contributed by atoms with Crippen LogP contribution in [0.5, 0.6) is 11.5 Å². The number of phenolic OH excluding ortho intramolecular Hbond substituents is 1. The fourth-order valence-electron chi connectivity index (χ4n) is 2.20. The van der Waals surface area contributed by atoms with Crippen molar-refractivity contribution in [3.8, 4) is 11.5 Å². The van der Waals surface area contributed by atoms with Crippen LogP contribution in [0.3, 0.4) is 0 Å². The van der Waals surface area contributed by atoms with Gasteiger partial charge in [0, 0.05) is 0 Å². The Kier molecular flexibility index (Phi) is 4.09. The first kappa shape index (κ1) is 13.2. The molecule has 4 heteroatoms. The van der Waals surface area contributed by atoms with Crippen molar-refractivity contribution in [2.75, 3.05) is 7.11 Å². The number of phenols is 1. The van der Waals surface area contributed by atoms with Crippen LogP contribution in [0.1, 0.15) is 38.5 Å². The fourth-order valence-corrected chi connectivity index (χ4v) is 2.20. The lowest BCUT2D eigenvalue weighted by Gasteiger charge is -2.34. The first-order chi connectivity index (χ1) is 8.65. The van der Waals surface area contributed by atoms with Crippen molar-refractivity contribution in [1.82, 2.24) is 0 Å². The van der Waals surface area contributed by atoms with E-state index in [1.165, 1.54) is 7.11 Å². The van der Waals surface area contributed by atoms with E-state index in [0.29, 0.717) is 11.3 Å². The van der Waals surface area contributed by atoms with E-state index >= 15 is 0 Å². The maximum atomic E-state index is 10.1. The Bertz CT molecular complexity index is 405. The zero-order chi connectivity index (χ0) is 13.1. The molecule has 0 bridgehead atoms. The molecule has 1 fully saturated rings. The summed E-state index contributed by atoms with van der Waals surface area (Å²) in [5.74, 6) is 0.528. The van der Waals surface area contributed by atoms with Crippen molar-refractivity contribution < 1.29 is 19.3 Å². The smallest absolute Gasteiger partial charge is 0.188 e. The maximum Gasteiger partial charge on any atom is 0.188 e. The van der Waals surface area contributed by atoms with Crippen LogP contribution in [-0.2, 0) is 9.47 Å². The first-order valence-corrected chi connectivity index (χ1v) is 6.32. The van der Waals surface area contributed by atoms with E-state index < -0.39 is 6.29 Å². The molecule has 1 aliphatic rings. The third kappa shape index (κ3) is 2.60. The van der Waals surface area contributed by atoms with E-state index in [0.717, 1.165) is 12.8 Å². The number of para-hydroxylation sites is 1. The van der Waals surface area contributed by atoms with Crippen LogP contribution in [0, 0.1) is 0 Å². The third-order valence-corrected chi connectivity index (χ3v) is 3.23. The molecule has 3 atom stereocenters. The molecule has 0 aliphatic carbocycles. The van der Waals surface area contributed by atoms with E-state index in [1.54, 1.807) is 12.1 Å². The highest BCUT2D eigenvalue weighted by Crippen LogP contribution is 2.39. The molecule has 0 spiro atoms. The Morgan fingerprint density at radius 3 is 2.83 bits per heavy atom. The highest BCUT2D eigenvalue weighted by molar-refractivity contribution is 5.46. The number of ether oxygens (including phenoxy) is 3. The Balaban J connectivity index is 2.25. The van der Waals surface area contributed by atoms with Gasteiger partial charge in [-0.3, -0.25) is 0 Å². The molecule has 4 nitrogen and oxygen atoms in total. The van der Waals surface area contributed by atoms with Gasteiger partial charge in [0.2, 0.25) is 0 Å². The molecule has 0 amide bonds. The Labute approximate surface area is 107 Å². The molecule has 2 rings (SSSR count). The number of benzene rings is 1. The van der Waals surface area contributed by atoms with Gasteiger partial charge in [0.25, 0.3) is 0 Å². The minimum atomic E-state index is -0.520. The van der Waals surface area contributed by atoms with Gasteiger partial charge in [0.1, 0.15) is 0 Å². The molecule has 1 aliphatic heterocycles. The summed E-state index contributed by atoms with van der Waals surface area (Å²) < 4.78 is 16.7. The molecule has 1 N–H and O–H groups in total. The van der Waals surface area contributed by atoms with E-state index in [9.17, 15) is 5.11 Å². The average molecular weight is 252 g/mol. The summed E-state index contributed by atoms with van der Waals surface area (Å²) in [4.78, 5) is 0. The number of methoxy groups -OCH3 is 1. The van der Waals surface area contributed by atoms with Crippen LogP contribution in [0.4, 0.5) is 0 Å². The lowest BCUT2D eigenvalue weighted by atomic mass is 10.1. The van der Waals surface area contributed by atoms with Crippen LogP contribution >= 0.6 is 0 Å². The van der Waals surface area contributed by atoms with E-state index in [-0.39, 0.29) is 18.0 Å². The summed E-state index contributed by atoms with van der Waals surface area (Å²) in [5.41, 5.74) is 0.624. The lowest BCUT2D eigenvalue weighted by Crippen LogP contribution is -2.31. The number of hydrogen-bond acceptors (Lipinski definition) is 4. The van der Waals surface area contributed by atoms with Gasteiger partial charge >= 0.3 is 0 Å². The summed E-state index contributed by atoms with van der Waals surface area (Å²) in [6.45, 7) is 4.11. The average Bonchev–Trinajstić information content (AvgIpc) is 2.38. The second-order valence-corrected chi connectivity index (χ2v) is 4.58. The molecule has 1 aromatic rings. The van der Waals surface area contributed by atoms with Gasteiger partial charge in [-0.25, -0.2) is 0 Å². The largest absolute Gasteiger partial charge is 0.504 e. The van der Waals surface area contributed by atoms with E-state index in [2.05, 4.69) is 6.92 Å². The molecule has 100 valence electrons. The summed E-state index contributed by atoms with van der Waals surface area (Å²) in [5, 5.41) is 10.1. The Morgan fingerprint density at radius 2 is 2.17 bits per heavy atom. The van der Waals surface area contributed by atoms with Crippen LogP contribution in [-0.4, -0.2) is 24.4 Å².